The van der Waals surface area contributed by atoms with Crippen LogP contribution in [-0.4, -0.2) is 15.1 Å². The Bertz CT molecular complexity index is 432. The summed E-state index contributed by atoms with van der Waals surface area (Å²) in [6.45, 7) is 0. The normalized spacial score (nSPS) is 10.6. The van der Waals surface area contributed by atoms with Gasteiger partial charge in [0.15, 0.2) is 0 Å². The lowest BCUT2D eigenvalue weighted by Gasteiger charge is -2.05. The van der Waals surface area contributed by atoms with Crippen LogP contribution in [-0.2, 0) is 0 Å². The van der Waals surface area contributed by atoms with Gasteiger partial charge in [0.1, 0.15) is 5.56 Å². The summed E-state index contributed by atoms with van der Waals surface area (Å²) in [5, 5.41) is 8.73. The van der Waals surface area contributed by atoms with Crippen molar-refractivity contribution in [3.05, 3.63) is 32.5 Å². The van der Waals surface area contributed by atoms with E-state index in [-0.39, 0.29) is 0 Å². The molecule has 0 saturated heterocycles. The van der Waals surface area contributed by atoms with Gasteiger partial charge in [-0.3, -0.25) is 4.79 Å². The van der Waals surface area contributed by atoms with Crippen molar-refractivity contribution in [1.82, 2.24) is 4.98 Å². The van der Waals surface area contributed by atoms with Crippen LogP contribution in [0, 0.1) is 10.1 Å². The van der Waals surface area contributed by atoms with Crippen molar-refractivity contribution < 1.29 is 18.5 Å². The highest BCUT2D eigenvalue weighted by Gasteiger charge is 2.30. The zero-order valence-corrected chi connectivity index (χ0v) is 8.80. The third-order valence-corrected chi connectivity index (χ3v) is 2.01. The van der Waals surface area contributed by atoms with E-state index >= 15 is 0 Å². The molecule has 1 aromatic heterocycles. The molecule has 86 valence electrons. The molecule has 5 nitrogen and oxygen atoms in total. The van der Waals surface area contributed by atoms with E-state index in [2.05, 4.69) is 4.98 Å². The van der Waals surface area contributed by atoms with Gasteiger partial charge in [0.25, 0.3) is 11.7 Å². The quantitative estimate of drug-likeness (QED) is 0.366. The zero-order chi connectivity index (χ0) is 12.5. The Balaban J connectivity index is 3.60. The number of alkyl halides is 2. The summed E-state index contributed by atoms with van der Waals surface area (Å²) in [6.07, 6.45) is -3.25. The topological polar surface area (TPSA) is 73.1 Å². The average molecular weight is 271 g/mol. The van der Waals surface area contributed by atoms with Gasteiger partial charge in [0.2, 0.25) is 5.15 Å². The molecule has 0 fully saturated rings. The lowest BCUT2D eigenvalue weighted by atomic mass is 10.1. The summed E-state index contributed by atoms with van der Waals surface area (Å²) in [4.78, 5) is 23.2. The summed E-state index contributed by atoms with van der Waals surface area (Å²) in [5.41, 5.74) is -1.85. The summed E-state index contributed by atoms with van der Waals surface area (Å²) < 4.78 is 25.1. The highest BCUT2D eigenvalue weighted by atomic mass is 35.5. The van der Waals surface area contributed by atoms with Gasteiger partial charge in [-0.1, -0.05) is 0 Å². The molecule has 0 spiro atoms. The zero-order valence-electron chi connectivity index (χ0n) is 7.29. The molecular weight excluding hydrogens is 269 g/mol. The van der Waals surface area contributed by atoms with Gasteiger partial charge in [-0.05, 0) is 33.1 Å². The molecule has 1 aromatic rings. The molecule has 16 heavy (non-hydrogen) atoms. The van der Waals surface area contributed by atoms with Crippen molar-refractivity contribution in [3.63, 3.8) is 0 Å². The molecule has 0 aliphatic rings. The van der Waals surface area contributed by atoms with Crippen LogP contribution in [0.25, 0.3) is 0 Å². The van der Waals surface area contributed by atoms with Crippen LogP contribution < -0.4 is 0 Å². The second kappa shape index (κ2) is 4.67. The average Bonchev–Trinajstić information content (AvgIpc) is 2.15. The van der Waals surface area contributed by atoms with Gasteiger partial charge in [-0.15, -0.1) is 0 Å². The van der Waals surface area contributed by atoms with Crippen molar-refractivity contribution in [2.24, 2.45) is 0 Å². The van der Waals surface area contributed by atoms with Gasteiger partial charge in [-0.2, -0.15) is 0 Å². The van der Waals surface area contributed by atoms with Crippen molar-refractivity contribution in [2.75, 3.05) is 0 Å². The van der Waals surface area contributed by atoms with E-state index in [0.29, 0.717) is 0 Å². The maximum absolute atomic E-state index is 12.5. The van der Waals surface area contributed by atoms with Crippen LogP contribution in [0.5, 0.6) is 0 Å². The van der Waals surface area contributed by atoms with Crippen LogP contribution in [0.2, 0.25) is 5.15 Å². The minimum Gasteiger partial charge on any atom is -0.358 e. The molecular formula is C7H2Cl2F2N2O3. The van der Waals surface area contributed by atoms with Crippen molar-refractivity contribution in [2.45, 2.75) is 6.43 Å². The molecule has 0 N–H and O–H groups in total. The number of pyridine rings is 1. The Hall–Kier alpha value is -1.34. The van der Waals surface area contributed by atoms with Crippen LogP contribution in [0.3, 0.4) is 0 Å². The first-order chi connectivity index (χ1) is 7.34. The van der Waals surface area contributed by atoms with E-state index in [0.717, 1.165) is 6.07 Å². The van der Waals surface area contributed by atoms with E-state index in [1.54, 1.807) is 0 Å². The predicted molar refractivity (Wildman–Crippen MR) is 51.0 cm³/mol. The molecule has 0 atom stereocenters. The molecule has 0 bridgehead atoms. The first-order valence-electron chi connectivity index (χ1n) is 3.67. The van der Waals surface area contributed by atoms with E-state index in [1.807, 2.05) is 0 Å². The van der Waals surface area contributed by atoms with E-state index in [9.17, 15) is 23.7 Å². The predicted octanol–water partition coefficient (Wildman–Crippen LogP) is 2.96. The number of nitrogens with zero attached hydrogens (tertiary/aromatic N) is 2. The van der Waals surface area contributed by atoms with Gasteiger partial charge in [-0.25, -0.2) is 8.78 Å². The number of carbonyl (C=O) groups excluding carboxylic acids is 1. The third-order valence-electron chi connectivity index (χ3n) is 1.61. The van der Waals surface area contributed by atoms with Crippen LogP contribution >= 0.6 is 23.2 Å². The standard InChI is InChI=1S/C7H2Cl2F2N2O3/c8-3-1-2(5(9)14)4(6(10)11)7(12-3)13(15)16/h1,6H. The maximum atomic E-state index is 12.5. The van der Waals surface area contributed by atoms with Crippen LogP contribution in [0.1, 0.15) is 22.3 Å². The highest BCUT2D eigenvalue weighted by Crippen LogP contribution is 2.33. The summed E-state index contributed by atoms with van der Waals surface area (Å²) in [5.74, 6) is -1.17. The minimum atomic E-state index is -3.25. The van der Waals surface area contributed by atoms with E-state index in [1.165, 1.54) is 0 Å². The molecule has 0 aliphatic carbocycles. The first-order valence-corrected chi connectivity index (χ1v) is 4.43. The van der Waals surface area contributed by atoms with Crippen LogP contribution in [0.15, 0.2) is 6.07 Å². The van der Waals surface area contributed by atoms with Crippen molar-refractivity contribution in [3.8, 4) is 0 Å². The molecule has 1 heterocycles. The smallest absolute Gasteiger partial charge is 0.358 e. The third kappa shape index (κ3) is 2.42. The monoisotopic (exact) mass is 270 g/mol. The summed E-state index contributed by atoms with van der Waals surface area (Å²) in [6, 6.07) is 0.755. The molecule has 0 aromatic carbocycles. The molecule has 0 saturated carbocycles. The van der Waals surface area contributed by atoms with E-state index in [4.69, 9.17) is 23.2 Å². The fraction of sp³-hybridized carbons (Fsp3) is 0.143. The molecule has 9 heteroatoms. The van der Waals surface area contributed by atoms with E-state index < -0.39 is 38.7 Å². The molecule has 0 amide bonds. The van der Waals surface area contributed by atoms with Crippen LogP contribution in [0.4, 0.5) is 14.6 Å². The van der Waals surface area contributed by atoms with Crippen molar-refractivity contribution >= 4 is 34.3 Å². The lowest BCUT2D eigenvalue weighted by Crippen LogP contribution is -2.06. The summed E-state index contributed by atoms with van der Waals surface area (Å²) >= 11 is 10.4. The molecule has 0 radical (unpaired) electrons. The Morgan fingerprint density at radius 2 is 2.12 bits per heavy atom. The van der Waals surface area contributed by atoms with Gasteiger partial charge in [0.05, 0.1) is 5.56 Å². The maximum Gasteiger partial charge on any atom is 0.374 e. The second-order valence-electron chi connectivity index (χ2n) is 2.56. The Morgan fingerprint density at radius 1 is 1.56 bits per heavy atom. The number of halogens is 4. The Labute approximate surface area is 97.1 Å². The minimum absolute atomic E-state index is 0.458. The molecule has 0 aliphatic heterocycles. The second-order valence-corrected chi connectivity index (χ2v) is 3.29. The van der Waals surface area contributed by atoms with Gasteiger partial charge >= 0.3 is 5.82 Å². The fourth-order valence-corrected chi connectivity index (χ4v) is 1.37. The highest BCUT2D eigenvalue weighted by molar-refractivity contribution is 6.68. The lowest BCUT2D eigenvalue weighted by molar-refractivity contribution is -0.391. The Morgan fingerprint density at radius 3 is 2.50 bits per heavy atom. The number of aromatic nitrogens is 1. The number of rotatable bonds is 3. The van der Waals surface area contributed by atoms with Gasteiger partial charge in [0, 0.05) is 6.07 Å². The SMILES string of the molecule is O=C(Cl)c1cc(Cl)nc([N+](=O)[O-])c1C(F)F. The number of hydrogen-bond donors (Lipinski definition) is 0. The largest absolute Gasteiger partial charge is 0.374 e. The summed E-state index contributed by atoms with van der Waals surface area (Å²) in [7, 11) is 0. The number of carbonyl (C=O) groups is 1. The molecule has 0 unspecified atom stereocenters. The van der Waals surface area contributed by atoms with Crippen molar-refractivity contribution in [1.29, 1.82) is 0 Å². The number of hydrogen-bond acceptors (Lipinski definition) is 4. The van der Waals surface area contributed by atoms with Gasteiger partial charge < -0.3 is 10.1 Å². The fourth-order valence-electron chi connectivity index (χ4n) is 1.03. The first kappa shape index (κ1) is 12.7. The Kier molecular flexibility index (Phi) is 3.71. The number of nitro groups is 1. The molecule has 1 rings (SSSR count).